The monoisotopic (exact) mass is 457 g/mol. The van der Waals surface area contributed by atoms with E-state index in [0.29, 0.717) is 12.4 Å². The quantitative estimate of drug-likeness (QED) is 0.399. The van der Waals surface area contributed by atoms with Crippen LogP contribution >= 0.6 is 0 Å². The first-order chi connectivity index (χ1) is 16.2. The Kier molecular flexibility index (Phi) is 6.79. The highest BCUT2D eigenvalue weighted by Crippen LogP contribution is 2.46. The van der Waals surface area contributed by atoms with E-state index in [4.69, 9.17) is 9.84 Å². The molecule has 34 heavy (non-hydrogen) atoms. The maximum absolute atomic E-state index is 11.2. The molecule has 0 aliphatic heterocycles. The molecule has 0 fully saturated rings. The van der Waals surface area contributed by atoms with Gasteiger partial charge < -0.3 is 9.84 Å². The van der Waals surface area contributed by atoms with Gasteiger partial charge in [-0.3, -0.25) is 4.98 Å². The van der Waals surface area contributed by atoms with Gasteiger partial charge in [0, 0.05) is 18.3 Å². The highest BCUT2D eigenvalue weighted by atomic mass is 16.5. The zero-order valence-electron chi connectivity index (χ0n) is 20.7. The van der Waals surface area contributed by atoms with Crippen molar-refractivity contribution >= 4 is 5.97 Å². The number of nitrogens with zero attached hydrogens (tertiary/aromatic N) is 1. The van der Waals surface area contributed by atoms with Gasteiger partial charge in [0.05, 0.1) is 12.2 Å². The van der Waals surface area contributed by atoms with Crippen LogP contribution in [0.5, 0.6) is 5.75 Å². The van der Waals surface area contributed by atoms with Crippen molar-refractivity contribution in [2.45, 2.75) is 70.1 Å². The summed E-state index contributed by atoms with van der Waals surface area (Å²) in [6, 6.07) is 17.8. The average molecular weight is 458 g/mol. The first-order valence-corrected chi connectivity index (χ1v) is 12.2. The van der Waals surface area contributed by atoms with Crippen LogP contribution in [0.1, 0.15) is 85.5 Å². The van der Waals surface area contributed by atoms with Crippen molar-refractivity contribution in [3.8, 4) is 5.75 Å². The van der Waals surface area contributed by atoms with E-state index in [1.165, 1.54) is 35.1 Å². The molecule has 1 atom stereocenters. The van der Waals surface area contributed by atoms with Crippen molar-refractivity contribution in [2.75, 3.05) is 6.61 Å². The zero-order valence-corrected chi connectivity index (χ0v) is 20.7. The Morgan fingerprint density at radius 3 is 2.35 bits per heavy atom. The molecule has 4 rings (SSSR count). The van der Waals surface area contributed by atoms with Gasteiger partial charge in [-0.25, -0.2) is 4.79 Å². The largest absolute Gasteiger partial charge is 0.493 e. The molecule has 4 heteroatoms. The number of fused-ring (bicyclic) bond motifs is 1. The Hall–Kier alpha value is -3.14. The second-order valence-corrected chi connectivity index (χ2v) is 10.8. The maximum Gasteiger partial charge on any atom is 0.335 e. The fourth-order valence-corrected chi connectivity index (χ4v) is 4.98. The van der Waals surface area contributed by atoms with Crippen molar-refractivity contribution < 1.29 is 14.6 Å². The van der Waals surface area contributed by atoms with E-state index >= 15 is 0 Å². The van der Waals surface area contributed by atoms with Crippen LogP contribution in [0.15, 0.2) is 67.0 Å². The van der Waals surface area contributed by atoms with Crippen molar-refractivity contribution in [1.29, 1.82) is 0 Å². The molecule has 1 unspecified atom stereocenters. The number of hydrogen-bond acceptors (Lipinski definition) is 3. The molecule has 1 aliphatic carbocycles. The molecule has 0 radical (unpaired) electrons. The SMILES string of the molecule is CC1(C)CCC(C)(C)c2cc(C(CCc3cccnc3)COc3ccc(C(=O)O)cc3)ccc21. The lowest BCUT2D eigenvalue weighted by Crippen LogP contribution is -2.34. The van der Waals surface area contributed by atoms with Gasteiger partial charge in [-0.2, -0.15) is 0 Å². The molecular weight excluding hydrogens is 422 g/mol. The van der Waals surface area contributed by atoms with Gasteiger partial charge >= 0.3 is 5.97 Å². The lowest BCUT2D eigenvalue weighted by molar-refractivity contribution is 0.0697. The minimum absolute atomic E-state index is 0.155. The fraction of sp³-hybridized carbons (Fsp3) is 0.400. The van der Waals surface area contributed by atoms with Crippen molar-refractivity contribution in [3.05, 3.63) is 94.8 Å². The number of rotatable bonds is 8. The molecular formula is C30H35NO3. The predicted octanol–water partition coefficient (Wildman–Crippen LogP) is 6.92. The van der Waals surface area contributed by atoms with Crippen LogP contribution in [0.3, 0.4) is 0 Å². The number of carboxylic acid groups (broad SMARTS) is 1. The van der Waals surface area contributed by atoms with Gasteiger partial charge in [0.1, 0.15) is 5.75 Å². The lowest BCUT2D eigenvalue weighted by Gasteiger charge is -2.42. The number of benzene rings is 2. The van der Waals surface area contributed by atoms with E-state index < -0.39 is 5.97 Å². The minimum Gasteiger partial charge on any atom is -0.493 e. The average Bonchev–Trinajstić information content (AvgIpc) is 2.83. The molecule has 1 heterocycles. The van der Waals surface area contributed by atoms with E-state index in [-0.39, 0.29) is 22.3 Å². The van der Waals surface area contributed by atoms with Crippen LogP contribution in [-0.2, 0) is 17.3 Å². The Bertz CT molecular complexity index is 1130. The normalized spacial score (nSPS) is 16.9. The number of carboxylic acids is 1. The first-order valence-electron chi connectivity index (χ1n) is 12.2. The second-order valence-electron chi connectivity index (χ2n) is 10.8. The van der Waals surface area contributed by atoms with Gasteiger partial charge in [-0.05, 0) is 89.1 Å². The van der Waals surface area contributed by atoms with Gasteiger partial charge in [0.25, 0.3) is 0 Å². The van der Waals surface area contributed by atoms with E-state index in [2.05, 4.69) is 56.9 Å². The predicted molar refractivity (Wildman–Crippen MR) is 136 cm³/mol. The van der Waals surface area contributed by atoms with Crippen LogP contribution in [0.25, 0.3) is 0 Å². The molecule has 0 bridgehead atoms. The Balaban J connectivity index is 1.60. The van der Waals surface area contributed by atoms with E-state index in [9.17, 15) is 4.79 Å². The number of carbonyl (C=O) groups is 1. The minimum atomic E-state index is -0.930. The van der Waals surface area contributed by atoms with Gasteiger partial charge in [0.2, 0.25) is 0 Å². The molecule has 2 aromatic carbocycles. The summed E-state index contributed by atoms with van der Waals surface area (Å²) < 4.78 is 6.17. The lowest BCUT2D eigenvalue weighted by atomic mass is 9.62. The summed E-state index contributed by atoms with van der Waals surface area (Å²) >= 11 is 0. The summed E-state index contributed by atoms with van der Waals surface area (Å²) in [7, 11) is 0. The topological polar surface area (TPSA) is 59.4 Å². The molecule has 1 N–H and O–H groups in total. The summed E-state index contributed by atoms with van der Waals surface area (Å²) in [4.78, 5) is 15.4. The number of aromatic nitrogens is 1. The Morgan fingerprint density at radius 1 is 1.00 bits per heavy atom. The van der Waals surface area contributed by atoms with Crippen LogP contribution in [0.4, 0.5) is 0 Å². The standard InChI is InChI=1S/C30H35NO3/c1-29(2)15-16-30(3,4)27-18-23(11-14-26(27)29)24(8-7-21-6-5-17-31-19-21)20-34-25-12-9-22(10-13-25)28(32)33/h5-6,9-14,17-19,24H,7-8,15-16,20H2,1-4H3,(H,32,33). The molecule has 3 aromatic rings. The zero-order chi connectivity index (χ0) is 24.3. The van der Waals surface area contributed by atoms with Crippen LogP contribution < -0.4 is 4.74 Å². The van der Waals surface area contributed by atoms with Crippen molar-refractivity contribution in [1.82, 2.24) is 4.98 Å². The number of ether oxygens (including phenoxy) is 1. The summed E-state index contributed by atoms with van der Waals surface area (Å²) in [6.07, 6.45) is 7.99. The van der Waals surface area contributed by atoms with E-state index in [1.54, 1.807) is 30.5 Å². The van der Waals surface area contributed by atoms with E-state index in [1.807, 2.05) is 12.3 Å². The van der Waals surface area contributed by atoms with Crippen molar-refractivity contribution in [2.24, 2.45) is 0 Å². The molecule has 1 aromatic heterocycles. The molecule has 1 aliphatic rings. The second kappa shape index (κ2) is 9.61. The fourth-order valence-electron chi connectivity index (χ4n) is 4.98. The van der Waals surface area contributed by atoms with E-state index in [0.717, 1.165) is 12.8 Å². The molecule has 0 spiro atoms. The first kappa shape index (κ1) is 24.0. The number of aryl methyl sites for hydroxylation is 1. The highest BCUT2D eigenvalue weighted by Gasteiger charge is 2.37. The number of pyridine rings is 1. The third kappa shape index (κ3) is 5.32. The summed E-state index contributed by atoms with van der Waals surface area (Å²) in [5, 5.41) is 9.15. The Labute approximate surface area is 203 Å². The van der Waals surface area contributed by atoms with Gasteiger partial charge in [-0.15, -0.1) is 0 Å². The van der Waals surface area contributed by atoms with Crippen molar-refractivity contribution in [3.63, 3.8) is 0 Å². The molecule has 178 valence electrons. The summed E-state index contributed by atoms with van der Waals surface area (Å²) in [5.41, 5.74) is 6.05. The van der Waals surface area contributed by atoms with Gasteiger partial charge in [0.15, 0.2) is 0 Å². The third-order valence-electron chi connectivity index (χ3n) is 7.40. The van der Waals surface area contributed by atoms with Crippen LogP contribution in [-0.4, -0.2) is 22.7 Å². The maximum atomic E-state index is 11.2. The molecule has 4 nitrogen and oxygen atoms in total. The summed E-state index contributed by atoms with van der Waals surface area (Å²) in [6.45, 7) is 9.95. The number of aromatic carboxylic acids is 1. The number of hydrogen-bond donors (Lipinski definition) is 1. The molecule has 0 amide bonds. The summed E-state index contributed by atoms with van der Waals surface area (Å²) in [5.74, 6) is -0.0261. The highest BCUT2D eigenvalue weighted by molar-refractivity contribution is 5.87. The van der Waals surface area contributed by atoms with Gasteiger partial charge in [-0.1, -0.05) is 52.0 Å². The Morgan fingerprint density at radius 2 is 1.71 bits per heavy atom. The molecule has 0 saturated heterocycles. The van der Waals surface area contributed by atoms with Crippen LogP contribution in [0.2, 0.25) is 0 Å². The van der Waals surface area contributed by atoms with Crippen LogP contribution in [0, 0.1) is 0 Å². The molecule has 0 saturated carbocycles. The third-order valence-corrected chi connectivity index (χ3v) is 7.40. The smallest absolute Gasteiger partial charge is 0.335 e.